The van der Waals surface area contributed by atoms with E-state index in [4.69, 9.17) is 0 Å². The van der Waals surface area contributed by atoms with Gasteiger partial charge < -0.3 is 0 Å². The standard InChI is InChI=1S/C13H14O2S/c1-9-4-5-11-8-13(16(3,14)15)10(2)7-12(11)6-9/h4-8H,1-3H3. The molecule has 2 aromatic carbocycles. The van der Waals surface area contributed by atoms with Crippen LogP contribution in [0, 0.1) is 13.8 Å². The maximum atomic E-state index is 11.6. The number of sulfone groups is 1. The second-order valence-electron chi connectivity index (χ2n) is 4.24. The van der Waals surface area contributed by atoms with Gasteiger partial charge in [-0.2, -0.15) is 0 Å². The number of benzene rings is 2. The first-order chi connectivity index (χ1) is 7.38. The molecule has 2 nitrogen and oxygen atoms in total. The molecular weight excluding hydrogens is 220 g/mol. The Labute approximate surface area is 95.8 Å². The third kappa shape index (κ3) is 1.95. The first kappa shape index (κ1) is 11.1. The van der Waals surface area contributed by atoms with Gasteiger partial charge in [0.05, 0.1) is 4.90 Å². The molecule has 0 fully saturated rings. The van der Waals surface area contributed by atoms with E-state index in [0.29, 0.717) is 4.90 Å². The Kier molecular flexibility index (Phi) is 2.50. The molecule has 0 unspecified atom stereocenters. The zero-order valence-corrected chi connectivity index (χ0v) is 10.4. The molecule has 0 aliphatic heterocycles. The second-order valence-corrected chi connectivity index (χ2v) is 6.22. The van der Waals surface area contributed by atoms with E-state index >= 15 is 0 Å². The van der Waals surface area contributed by atoms with Crippen molar-refractivity contribution in [2.45, 2.75) is 18.7 Å². The van der Waals surface area contributed by atoms with Crippen molar-refractivity contribution >= 4 is 20.6 Å². The van der Waals surface area contributed by atoms with Crippen LogP contribution in [0.3, 0.4) is 0 Å². The fraction of sp³-hybridized carbons (Fsp3) is 0.231. The van der Waals surface area contributed by atoms with Gasteiger partial charge >= 0.3 is 0 Å². The van der Waals surface area contributed by atoms with Crippen molar-refractivity contribution < 1.29 is 8.42 Å². The van der Waals surface area contributed by atoms with Gasteiger partial charge in [0.1, 0.15) is 0 Å². The molecule has 84 valence electrons. The van der Waals surface area contributed by atoms with Crippen molar-refractivity contribution in [3.63, 3.8) is 0 Å². The average Bonchev–Trinajstić information content (AvgIpc) is 2.14. The van der Waals surface area contributed by atoms with Gasteiger partial charge in [0.2, 0.25) is 0 Å². The SMILES string of the molecule is Cc1ccc2cc(S(C)(=O)=O)c(C)cc2c1. The van der Waals surface area contributed by atoms with E-state index in [9.17, 15) is 8.42 Å². The molecule has 0 atom stereocenters. The molecule has 0 bridgehead atoms. The van der Waals surface area contributed by atoms with E-state index in [0.717, 1.165) is 16.3 Å². The van der Waals surface area contributed by atoms with Crippen molar-refractivity contribution in [1.82, 2.24) is 0 Å². The van der Waals surface area contributed by atoms with E-state index in [-0.39, 0.29) is 0 Å². The number of rotatable bonds is 1. The predicted octanol–water partition coefficient (Wildman–Crippen LogP) is 2.86. The van der Waals surface area contributed by atoms with Gasteiger partial charge in [0.25, 0.3) is 0 Å². The molecule has 0 aliphatic carbocycles. The Morgan fingerprint density at radius 2 is 1.62 bits per heavy atom. The highest BCUT2D eigenvalue weighted by atomic mass is 32.2. The van der Waals surface area contributed by atoms with Gasteiger partial charge in [0.15, 0.2) is 9.84 Å². The number of aryl methyl sites for hydroxylation is 2. The summed E-state index contributed by atoms with van der Waals surface area (Å²) in [4.78, 5) is 0.420. The van der Waals surface area contributed by atoms with Crippen molar-refractivity contribution in [3.8, 4) is 0 Å². The van der Waals surface area contributed by atoms with Crippen LogP contribution in [0.1, 0.15) is 11.1 Å². The lowest BCUT2D eigenvalue weighted by molar-refractivity contribution is 0.601. The van der Waals surface area contributed by atoms with Gasteiger partial charge in [-0.05, 0) is 36.2 Å². The highest BCUT2D eigenvalue weighted by molar-refractivity contribution is 7.90. The molecule has 0 heterocycles. The van der Waals surface area contributed by atoms with Crippen molar-refractivity contribution in [3.05, 3.63) is 41.5 Å². The number of hydrogen-bond acceptors (Lipinski definition) is 2. The van der Waals surface area contributed by atoms with E-state index in [1.54, 1.807) is 6.07 Å². The Bertz CT molecular complexity index is 655. The van der Waals surface area contributed by atoms with E-state index in [2.05, 4.69) is 6.07 Å². The lowest BCUT2D eigenvalue weighted by Gasteiger charge is -2.07. The van der Waals surface area contributed by atoms with Crippen LogP contribution in [0.2, 0.25) is 0 Å². The summed E-state index contributed by atoms with van der Waals surface area (Å²) >= 11 is 0. The summed E-state index contributed by atoms with van der Waals surface area (Å²) in [6.07, 6.45) is 1.25. The molecule has 16 heavy (non-hydrogen) atoms. The first-order valence-electron chi connectivity index (χ1n) is 5.09. The van der Waals surface area contributed by atoms with Gasteiger partial charge in [-0.3, -0.25) is 0 Å². The fourth-order valence-electron chi connectivity index (χ4n) is 1.91. The zero-order valence-electron chi connectivity index (χ0n) is 9.61. The Hall–Kier alpha value is -1.35. The minimum absolute atomic E-state index is 0.420. The summed E-state index contributed by atoms with van der Waals surface area (Å²) in [5.74, 6) is 0. The van der Waals surface area contributed by atoms with Crippen LogP contribution in [0.15, 0.2) is 35.2 Å². The summed E-state index contributed by atoms with van der Waals surface area (Å²) in [7, 11) is -3.14. The third-order valence-corrected chi connectivity index (χ3v) is 3.93. The van der Waals surface area contributed by atoms with Crippen LogP contribution in [0.25, 0.3) is 10.8 Å². The second kappa shape index (κ2) is 3.59. The topological polar surface area (TPSA) is 34.1 Å². The minimum Gasteiger partial charge on any atom is -0.224 e. The summed E-state index contributed by atoms with van der Waals surface area (Å²) in [5.41, 5.74) is 1.99. The van der Waals surface area contributed by atoms with Gasteiger partial charge in [-0.1, -0.05) is 29.8 Å². The maximum absolute atomic E-state index is 11.6. The summed E-state index contributed by atoms with van der Waals surface area (Å²) in [6, 6.07) is 9.69. The van der Waals surface area contributed by atoms with Crippen LogP contribution in [0.4, 0.5) is 0 Å². The normalized spacial score (nSPS) is 11.9. The maximum Gasteiger partial charge on any atom is 0.175 e. The molecule has 0 saturated heterocycles. The minimum atomic E-state index is -3.14. The Balaban J connectivity index is 2.83. The third-order valence-electron chi connectivity index (χ3n) is 2.69. The highest BCUT2D eigenvalue weighted by Gasteiger charge is 2.11. The van der Waals surface area contributed by atoms with Crippen LogP contribution in [-0.2, 0) is 9.84 Å². The molecule has 2 aromatic rings. The van der Waals surface area contributed by atoms with E-state index < -0.39 is 9.84 Å². The Morgan fingerprint density at radius 1 is 0.938 bits per heavy atom. The number of fused-ring (bicyclic) bond motifs is 1. The highest BCUT2D eigenvalue weighted by Crippen LogP contribution is 2.24. The molecule has 0 radical (unpaired) electrons. The zero-order chi connectivity index (χ0) is 11.9. The molecule has 0 amide bonds. The van der Waals surface area contributed by atoms with Crippen LogP contribution in [0.5, 0.6) is 0 Å². The largest absolute Gasteiger partial charge is 0.224 e. The molecule has 0 saturated carbocycles. The van der Waals surface area contributed by atoms with E-state index in [1.165, 1.54) is 11.8 Å². The summed E-state index contributed by atoms with van der Waals surface area (Å²) < 4.78 is 23.1. The molecule has 2 rings (SSSR count). The molecular formula is C13H14O2S. The summed E-state index contributed by atoms with van der Waals surface area (Å²) in [5, 5.41) is 2.06. The molecule has 0 aliphatic rings. The van der Waals surface area contributed by atoms with E-state index in [1.807, 2.05) is 32.0 Å². The monoisotopic (exact) mass is 234 g/mol. The van der Waals surface area contributed by atoms with Crippen LogP contribution >= 0.6 is 0 Å². The Morgan fingerprint density at radius 3 is 2.25 bits per heavy atom. The number of hydrogen-bond donors (Lipinski definition) is 0. The van der Waals surface area contributed by atoms with Crippen molar-refractivity contribution in [2.75, 3.05) is 6.26 Å². The molecule has 0 aromatic heterocycles. The van der Waals surface area contributed by atoms with Gasteiger partial charge in [-0.25, -0.2) is 8.42 Å². The quantitative estimate of drug-likeness (QED) is 0.760. The lowest BCUT2D eigenvalue weighted by atomic mass is 10.1. The molecule has 0 spiro atoms. The molecule has 0 N–H and O–H groups in total. The first-order valence-corrected chi connectivity index (χ1v) is 6.98. The van der Waals surface area contributed by atoms with Gasteiger partial charge in [-0.15, -0.1) is 0 Å². The van der Waals surface area contributed by atoms with Crippen molar-refractivity contribution in [2.24, 2.45) is 0 Å². The fourth-order valence-corrected chi connectivity index (χ4v) is 2.89. The van der Waals surface area contributed by atoms with Gasteiger partial charge in [0, 0.05) is 6.26 Å². The molecule has 3 heteroatoms. The van der Waals surface area contributed by atoms with Crippen molar-refractivity contribution in [1.29, 1.82) is 0 Å². The lowest BCUT2D eigenvalue weighted by Crippen LogP contribution is -1.99. The summed E-state index contributed by atoms with van der Waals surface area (Å²) in [6.45, 7) is 3.86. The average molecular weight is 234 g/mol. The predicted molar refractivity (Wildman–Crippen MR) is 66.5 cm³/mol. The van der Waals surface area contributed by atoms with Crippen LogP contribution < -0.4 is 0 Å². The van der Waals surface area contributed by atoms with Crippen LogP contribution in [-0.4, -0.2) is 14.7 Å². The smallest absolute Gasteiger partial charge is 0.175 e.